The van der Waals surface area contributed by atoms with Crippen LogP contribution in [-0.4, -0.2) is 37.2 Å². The third-order valence-corrected chi connectivity index (χ3v) is 4.47. The van der Waals surface area contributed by atoms with E-state index in [1.54, 1.807) is 30.3 Å². The van der Waals surface area contributed by atoms with E-state index in [4.69, 9.17) is 9.47 Å². The van der Waals surface area contributed by atoms with Crippen LogP contribution in [0.5, 0.6) is 11.5 Å². The van der Waals surface area contributed by atoms with Gasteiger partial charge < -0.3 is 9.47 Å². The fraction of sp³-hybridized carbons (Fsp3) is 0.238. The molecule has 1 aliphatic heterocycles. The second-order valence-electron chi connectivity index (χ2n) is 6.80. The minimum atomic E-state index is -0.700. The van der Waals surface area contributed by atoms with Gasteiger partial charge in [-0.05, 0) is 47.9 Å². The molecule has 1 saturated heterocycles. The lowest BCUT2D eigenvalue weighted by molar-refractivity contribution is -0.124. The van der Waals surface area contributed by atoms with Crippen LogP contribution < -0.4 is 31.1 Å². The average molecular weight is 443 g/mol. The summed E-state index contributed by atoms with van der Waals surface area (Å²) >= 11 is 0. The Hall–Kier alpha value is -3.99. The lowest BCUT2D eigenvalue weighted by Gasteiger charge is -2.22. The predicted molar refractivity (Wildman–Crippen MR) is 112 cm³/mol. The number of nitrogens with one attached hydrogen (secondary N) is 4. The summed E-state index contributed by atoms with van der Waals surface area (Å²) in [7, 11) is 1.50. The quantitative estimate of drug-likeness (QED) is 0.342. The molecule has 168 valence electrons. The molecule has 0 bridgehead atoms. The van der Waals surface area contributed by atoms with E-state index in [1.165, 1.54) is 25.5 Å². The minimum Gasteiger partial charge on any atom is -0.493 e. The fourth-order valence-corrected chi connectivity index (χ4v) is 2.79. The molecule has 3 rings (SSSR count). The highest BCUT2D eigenvalue weighted by molar-refractivity contribution is 5.99. The van der Waals surface area contributed by atoms with Gasteiger partial charge in [0.15, 0.2) is 11.5 Å². The van der Waals surface area contributed by atoms with Crippen LogP contribution in [0, 0.1) is 5.82 Å². The van der Waals surface area contributed by atoms with Gasteiger partial charge in [0.25, 0.3) is 0 Å². The highest BCUT2D eigenvalue weighted by atomic mass is 19.1. The first-order valence-corrected chi connectivity index (χ1v) is 9.68. The van der Waals surface area contributed by atoms with Crippen LogP contribution in [0.4, 0.5) is 9.18 Å². The number of hydrogen-bond acceptors (Lipinski definition) is 7. The Morgan fingerprint density at radius 3 is 2.69 bits per heavy atom. The standard InChI is InChI=1S/C21H22FN5O5/c1-31-18-10-14(4-8-17(18)32-12-13-2-5-15(22)6-3-13)11-23-26-19(28)9-7-16-20(29)24-21(30)27-25-16/h2-6,8,10-11,16,25H,7,9,12H2,1H3,(H,26,28)(H2,24,27,29,30)/b23-11+. The molecule has 10 nitrogen and oxygen atoms in total. The van der Waals surface area contributed by atoms with Gasteiger partial charge in [-0.15, -0.1) is 0 Å². The zero-order valence-electron chi connectivity index (χ0n) is 17.2. The summed E-state index contributed by atoms with van der Waals surface area (Å²) in [5, 5.41) is 6.00. The second kappa shape index (κ2) is 10.9. The number of carbonyl (C=O) groups is 3. The maximum Gasteiger partial charge on any atom is 0.335 e. The van der Waals surface area contributed by atoms with Crippen molar-refractivity contribution in [3.63, 3.8) is 0 Å². The number of rotatable bonds is 9. The first kappa shape index (κ1) is 22.7. The van der Waals surface area contributed by atoms with E-state index in [2.05, 4.69) is 26.7 Å². The van der Waals surface area contributed by atoms with Crippen molar-refractivity contribution in [2.24, 2.45) is 5.10 Å². The van der Waals surface area contributed by atoms with Gasteiger partial charge in [-0.2, -0.15) is 5.10 Å². The molecule has 1 atom stereocenters. The first-order chi connectivity index (χ1) is 15.4. The molecule has 0 aromatic heterocycles. The van der Waals surface area contributed by atoms with Gasteiger partial charge in [0.1, 0.15) is 18.5 Å². The van der Waals surface area contributed by atoms with Crippen molar-refractivity contribution < 1.29 is 28.2 Å². The third-order valence-electron chi connectivity index (χ3n) is 4.47. The number of carbonyl (C=O) groups excluding carboxylic acids is 3. The number of methoxy groups -OCH3 is 1. The number of halogens is 1. The van der Waals surface area contributed by atoms with Crippen LogP contribution >= 0.6 is 0 Å². The fourth-order valence-electron chi connectivity index (χ4n) is 2.79. The van der Waals surface area contributed by atoms with Gasteiger partial charge in [0.05, 0.1) is 13.3 Å². The molecule has 11 heteroatoms. The van der Waals surface area contributed by atoms with Crippen molar-refractivity contribution in [1.82, 2.24) is 21.6 Å². The molecule has 1 fully saturated rings. The lowest BCUT2D eigenvalue weighted by atomic mass is 10.1. The zero-order valence-corrected chi connectivity index (χ0v) is 17.2. The van der Waals surface area contributed by atoms with Crippen LogP contribution in [0.3, 0.4) is 0 Å². The van der Waals surface area contributed by atoms with Gasteiger partial charge in [0, 0.05) is 6.42 Å². The Labute approximate surface area is 183 Å². The van der Waals surface area contributed by atoms with Crippen LogP contribution in [0.25, 0.3) is 0 Å². The number of nitrogens with zero attached hydrogens (tertiary/aromatic N) is 1. The number of urea groups is 1. The molecular weight excluding hydrogens is 421 g/mol. The number of imide groups is 1. The molecule has 2 aromatic carbocycles. The summed E-state index contributed by atoms with van der Waals surface area (Å²) in [4.78, 5) is 34.5. The third kappa shape index (κ3) is 6.51. The first-order valence-electron chi connectivity index (χ1n) is 9.68. The Morgan fingerprint density at radius 1 is 1.19 bits per heavy atom. The summed E-state index contributed by atoms with van der Waals surface area (Å²) in [5.74, 6) is -0.230. The van der Waals surface area contributed by atoms with E-state index in [0.29, 0.717) is 17.1 Å². The van der Waals surface area contributed by atoms with E-state index in [-0.39, 0.29) is 31.2 Å². The number of hydrazine groups is 1. The molecule has 0 radical (unpaired) electrons. The van der Waals surface area contributed by atoms with Crippen molar-refractivity contribution in [1.29, 1.82) is 0 Å². The summed E-state index contributed by atoms with van der Waals surface area (Å²) in [6.45, 7) is 0.248. The highest BCUT2D eigenvalue weighted by Crippen LogP contribution is 2.28. The van der Waals surface area contributed by atoms with Crippen LogP contribution in [0.1, 0.15) is 24.0 Å². The molecule has 0 aliphatic carbocycles. The molecule has 32 heavy (non-hydrogen) atoms. The Kier molecular flexibility index (Phi) is 7.70. The Bertz CT molecular complexity index is 1010. The van der Waals surface area contributed by atoms with Crippen LogP contribution in [0.2, 0.25) is 0 Å². The average Bonchev–Trinajstić information content (AvgIpc) is 2.78. The molecule has 1 unspecified atom stereocenters. The van der Waals surface area contributed by atoms with E-state index >= 15 is 0 Å². The maximum atomic E-state index is 13.0. The number of amides is 4. The van der Waals surface area contributed by atoms with E-state index < -0.39 is 18.0 Å². The molecule has 0 spiro atoms. The summed E-state index contributed by atoms with van der Waals surface area (Å²) < 4.78 is 24.1. The van der Waals surface area contributed by atoms with Gasteiger partial charge in [-0.3, -0.25) is 20.3 Å². The molecule has 0 saturated carbocycles. The van der Waals surface area contributed by atoms with Crippen molar-refractivity contribution >= 4 is 24.1 Å². The topological polar surface area (TPSA) is 130 Å². The highest BCUT2D eigenvalue weighted by Gasteiger charge is 2.25. The van der Waals surface area contributed by atoms with Gasteiger partial charge in [-0.25, -0.2) is 20.0 Å². The number of hydrazone groups is 1. The predicted octanol–water partition coefficient (Wildman–Crippen LogP) is 1.36. The minimum absolute atomic E-state index is 0.0256. The van der Waals surface area contributed by atoms with Gasteiger partial charge in [-0.1, -0.05) is 12.1 Å². The van der Waals surface area contributed by atoms with Crippen LogP contribution in [0.15, 0.2) is 47.6 Å². The van der Waals surface area contributed by atoms with Crippen molar-refractivity contribution in [3.05, 3.63) is 59.4 Å². The van der Waals surface area contributed by atoms with Crippen molar-refractivity contribution in [2.45, 2.75) is 25.5 Å². The molecule has 4 amide bonds. The van der Waals surface area contributed by atoms with Crippen molar-refractivity contribution in [3.8, 4) is 11.5 Å². The zero-order chi connectivity index (χ0) is 22.9. The monoisotopic (exact) mass is 443 g/mol. The molecule has 4 N–H and O–H groups in total. The largest absolute Gasteiger partial charge is 0.493 e. The van der Waals surface area contributed by atoms with Crippen molar-refractivity contribution in [2.75, 3.05) is 7.11 Å². The van der Waals surface area contributed by atoms with Crippen LogP contribution in [-0.2, 0) is 16.2 Å². The summed E-state index contributed by atoms with van der Waals surface area (Å²) in [6.07, 6.45) is 1.65. The normalized spacial score (nSPS) is 15.8. The van der Waals surface area contributed by atoms with Gasteiger partial charge >= 0.3 is 6.03 Å². The summed E-state index contributed by atoms with van der Waals surface area (Å²) in [5.41, 5.74) is 8.64. The number of ether oxygens (including phenoxy) is 2. The second-order valence-corrected chi connectivity index (χ2v) is 6.80. The Morgan fingerprint density at radius 2 is 1.97 bits per heavy atom. The SMILES string of the molecule is COc1cc(/C=N/NC(=O)CCC2NNC(=O)NC2=O)ccc1OCc1ccc(F)cc1. The Balaban J connectivity index is 1.48. The molecular formula is C21H22FN5O5. The van der Waals surface area contributed by atoms with E-state index in [0.717, 1.165) is 5.56 Å². The van der Waals surface area contributed by atoms with E-state index in [1.807, 2.05) is 0 Å². The molecule has 2 aromatic rings. The number of benzene rings is 2. The number of hydrogen-bond donors (Lipinski definition) is 4. The lowest BCUT2D eigenvalue weighted by Crippen LogP contribution is -2.62. The van der Waals surface area contributed by atoms with Gasteiger partial charge in [0.2, 0.25) is 11.8 Å². The molecule has 1 heterocycles. The smallest absolute Gasteiger partial charge is 0.335 e. The maximum absolute atomic E-state index is 13.0. The van der Waals surface area contributed by atoms with E-state index in [9.17, 15) is 18.8 Å². The molecule has 1 aliphatic rings. The summed E-state index contributed by atoms with van der Waals surface area (Å²) in [6, 6.07) is 9.79.